The molecule has 0 radical (unpaired) electrons. The molecule has 1 amide bonds. The number of nitrogens with zero attached hydrogens (tertiary/aromatic N) is 1. The van der Waals surface area contributed by atoms with E-state index in [1.807, 2.05) is 48.5 Å². The van der Waals surface area contributed by atoms with Crippen LogP contribution in [0.4, 0.5) is 0 Å². The van der Waals surface area contributed by atoms with Crippen LogP contribution in [0.1, 0.15) is 17.9 Å². The second-order valence-electron chi connectivity index (χ2n) is 7.07. The lowest BCUT2D eigenvalue weighted by molar-refractivity contribution is -0.145. The van der Waals surface area contributed by atoms with E-state index in [-0.39, 0.29) is 11.9 Å². The van der Waals surface area contributed by atoms with E-state index in [0.717, 1.165) is 17.7 Å². The Balaban J connectivity index is 1.64. The molecule has 1 fully saturated rings. The van der Waals surface area contributed by atoms with Crippen LogP contribution in [0.25, 0.3) is 0 Å². The fraction of sp³-hybridized carbons (Fsp3) is 0.391. The van der Waals surface area contributed by atoms with E-state index in [4.69, 9.17) is 18.9 Å². The number of likely N-dealkylation sites (tertiary alicyclic amines) is 1. The van der Waals surface area contributed by atoms with Crippen LogP contribution < -0.4 is 14.2 Å². The summed E-state index contributed by atoms with van der Waals surface area (Å²) < 4.78 is 22.0. The molecule has 160 valence electrons. The molecule has 3 rings (SSSR count). The monoisotopic (exact) mass is 413 g/mol. The Hall–Kier alpha value is -3.22. The molecule has 0 saturated carbocycles. The zero-order chi connectivity index (χ0) is 21.3. The van der Waals surface area contributed by atoms with Gasteiger partial charge in [0.1, 0.15) is 5.75 Å². The largest absolute Gasteiger partial charge is 0.493 e. The van der Waals surface area contributed by atoms with Gasteiger partial charge in [-0.1, -0.05) is 24.3 Å². The molecule has 7 heteroatoms. The van der Waals surface area contributed by atoms with Crippen LogP contribution in [0.15, 0.2) is 48.5 Å². The minimum absolute atomic E-state index is 0.155. The first-order valence-corrected chi connectivity index (χ1v) is 9.92. The number of amides is 1. The summed E-state index contributed by atoms with van der Waals surface area (Å²) in [6, 6.07) is 15.2. The molecular formula is C23H27NO6. The van der Waals surface area contributed by atoms with Gasteiger partial charge in [-0.2, -0.15) is 0 Å². The summed E-state index contributed by atoms with van der Waals surface area (Å²) in [6.45, 7) is 1.80. The van der Waals surface area contributed by atoms with Gasteiger partial charge in [-0.3, -0.25) is 9.59 Å². The van der Waals surface area contributed by atoms with E-state index >= 15 is 0 Å². The van der Waals surface area contributed by atoms with Gasteiger partial charge in [-0.25, -0.2) is 0 Å². The van der Waals surface area contributed by atoms with Gasteiger partial charge in [0, 0.05) is 25.4 Å². The van der Waals surface area contributed by atoms with E-state index in [0.29, 0.717) is 44.2 Å². The van der Waals surface area contributed by atoms with Gasteiger partial charge in [0.15, 0.2) is 11.5 Å². The Morgan fingerprint density at radius 1 is 1.03 bits per heavy atom. The van der Waals surface area contributed by atoms with Crippen molar-refractivity contribution in [2.45, 2.75) is 12.3 Å². The normalized spacial score (nSPS) is 18.0. The molecule has 0 bridgehead atoms. The lowest BCUT2D eigenvalue weighted by Crippen LogP contribution is -2.24. The SMILES string of the molecule is COC(=O)[C@@H]1CN(C=O)C[C@H]1c1ccc(OC)c(OCCCOc2ccccc2)c1. The standard InChI is InChI=1S/C23H27NO6/c1-27-21-10-9-17(19-14-24(16-25)15-20(19)23(26)28-2)13-22(21)30-12-6-11-29-18-7-4-3-5-8-18/h3-5,7-10,13,16,19-20H,6,11-12,14-15H2,1-2H3/t19-,20+/m0/s1. The number of ether oxygens (including phenoxy) is 4. The molecule has 0 spiro atoms. The molecule has 1 aliphatic rings. The average molecular weight is 413 g/mol. The van der Waals surface area contributed by atoms with Crippen LogP contribution in [-0.4, -0.2) is 57.8 Å². The highest BCUT2D eigenvalue weighted by Gasteiger charge is 2.39. The third-order valence-electron chi connectivity index (χ3n) is 5.18. The van der Waals surface area contributed by atoms with Crippen molar-refractivity contribution in [1.82, 2.24) is 4.90 Å². The van der Waals surface area contributed by atoms with Crippen molar-refractivity contribution in [2.75, 3.05) is 40.5 Å². The number of carbonyl (C=O) groups excluding carboxylic acids is 2. The number of para-hydroxylation sites is 1. The van der Waals surface area contributed by atoms with E-state index in [1.54, 1.807) is 12.0 Å². The highest BCUT2D eigenvalue weighted by Crippen LogP contribution is 2.37. The number of benzene rings is 2. The summed E-state index contributed by atoms with van der Waals surface area (Å²) in [7, 11) is 2.95. The molecule has 0 aromatic heterocycles. The molecule has 2 aromatic rings. The van der Waals surface area contributed by atoms with Crippen LogP contribution in [0.2, 0.25) is 0 Å². The molecule has 0 aliphatic carbocycles. The zero-order valence-corrected chi connectivity index (χ0v) is 17.3. The van der Waals surface area contributed by atoms with Crippen molar-refractivity contribution in [3.63, 3.8) is 0 Å². The fourth-order valence-corrected chi connectivity index (χ4v) is 3.63. The summed E-state index contributed by atoms with van der Waals surface area (Å²) in [5.74, 6) is 1.16. The average Bonchev–Trinajstić information content (AvgIpc) is 3.23. The predicted octanol–water partition coefficient (Wildman–Crippen LogP) is 2.89. The topological polar surface area (TPSA) is 74.3 Å². The first-order valence-electron chi connectivity index (χ1n) is 9.92. The highest BCUT2D eigenvalue weighted by atomic mass is 16.5. The molecular weight excluding hydrogens is 386 g/mol. The van der Waals surface area contributed by atoms with Crippen LogP contribution in [0.3, 0.4) is 0 Å². The van der Waals surface area contributed by atoms with Crippen LogP contribution in [0, 0.1) is 5.92 Å². The molecule has 1 heterocycles. The van der Waals surface area contributed by atoms with Gasteiger partial charge in [-0.05, 0) is 29.8 Å². The Labute approximate surface area is 176 Å². The lowest BCUT2D eigenvalue weighted by atomic mass is 9.89. The van der Waals surface area contributed by atoms with Gasteiger partial charge in [0.25, 0.3) is 0 Å². The minimum Gasteiger partial charge on any atom is -0.493 e. The fourth-order valence-electron chi connectivity index (χ4n) is 3.63. The van der Waals surface area contributed by atoms with Gasteiger partial charge < -0.3 is 23.8 Å². The maximum Gasteiger partial charge on any atom is 0.311 e. The molecule has 7 nitrogen and oxygen atoms in total. The van der Waals surface area contributed by atoms with E-state index in [9.17, 15) is 9.59 Å². The maximum absolute atomic E-state index is 12.2. The first-order chi connectivity index (χ1) is 14.7. The molecule has 2 aromatic carbocycles. The summed E-state index contributed by atoms with van der Waals surface area (Å²) >= 11 is 0. The van der Waals surface area contributed by atoms with E-state index < -0.39 is 5.92 Å². The number of carbonyl (C=O) groups is 2. The van der Waals surface area contributed by atoms with E-state index in [1.165, 1.54) is 7.11 Å². The molecule has 2 atom stereocenters. The third kappa shape index (κ3) is 5.23. The van der Waals surface area contributed by atoms with Crippen molar-refractivity contribution in [3.8, 4) is 17.2 Å². The maximum atomic E-state index is 12.2. The summed E-state index contributed by atoms with van der Waals surface area (Å²) in [4.78, 5) is 25.0. The summed E-state index contributed by atoms with van der Waals surface area (Å²) in [5.41, 5.74) is 0.908. The minimum atomic E-state index is -0.402. The second-order valence-corrected chi connectivity index (χ2v) is 7.07. The number of rotatable bonds is 10. The van der Waals surface area contributed by atoms with Crippen molar-refractivity contribution in [1.29, 1.82) is 0 Å². The number of esters is 1. The van der Waals surface area contributed by atoms with Crippen LogP contribution in [0.5, 0.6) is 17.2 Å². The zero-order valence-electron chi connectivity index (χ0n) is 17.3. The highest BCUT2D eigenvalue weighted by molar-refractivity contribution is 5.75. The molecule has 0 N–H and O–H groups in total. The van der Waals surface area contributed by atoms with Crippen LogP contribution in [-0.2, 0) is 14.3 Å². The molecule has 30 heavy (non-hydrogen) atoms. The van der Waals surface area contributed by atoms with Crippen molar-refractivity contribution in [3.05, 3.63) is 54.1 Å². The number of hydrogen-bond acceptors (Lipinski definition) is 6. The van der Waals surface area contributed by atoms with E-state index in [2.05, 4.69) is 0 Å². The Bertz CT molecular complexity index is 841. The molecule has 0 unspecified atom stereocenters. The van der Waals surface area contributed by atoms with Crippen LogP contribution >= 0.6 is 0 Å². The van der Waals surface area contributed by atoms with Crippen molar-refractivity contribution in [2.24, 2.45) is 5.92 Å². The number of hydrogen-bond donors (Lipinski definition) is 0. The number of methoxy groups -OCH3 is 2. The molecule has 1 aliphatic heterocycles. The summed E-state index contributed by atoms with van der Waals surface area (Å²) in [6.07, 6.45) is 1.47. The Morgan fingerprint density at radius 2 is 1.80 bits per heavy atom. The second kappa shape index (κ2) is 10.5. The van der Waals surface area contributed by atoms with Gasteiger partial charge >= 0.3 is 5.97 Å². The van der Waals surface area contributed by atoms with Crippen molar-refractivity contribution < 1.29 is 28.5 Å². The Kier molecular flexibility index (Phi) is 7.54. The smallest absolute Gasteiger partial charge is 0.311 e. The van der Waals surface area contributed by atoms with Gasteiger partial charge in [-0.15, -0.1) is 0 Å². The lowest BCUT2D eigenvalue weighted by Gasteiger charge is -2.19. The molecule has 1 saturated heterocycles. The third-order valence-corrected chi connectivity index (χ3v) is 5.18. The summed E-state index contributed by atoms with van der Waals surface area (Å²) in [5, 5.41) is 0. The Morgan fingerprint density at radius 3 is 2.50 bits per heavy atom. The quantitative estimate of drug-likeness (QED) is 0.339. The van der Waals surface area contributed by atoms with Crippen molar-refractivity contribution >= 4 is 12.4 Å². The predicted molar refractivity (Wildman–Crippen MR) is 111 cm³/mol. The van der Waals surface area contributed by atoms with Gasteiger partial charge in [0.05, 0.1) is 33.4 Å². The first kappa shape index (κ1) is 21.5. The van der Waals surface area contributed by atoms with Gasteiger partial charge in [0.2, 0.25) is 6.41 Å².